The molecule has 0 unspecified atom stereocenters. The zero-order valence-electron chi connectivity index (χ0n) is 13.5. The van der Waals surface area contributed by atoms with Crippen LogP contribution in [0.4, 0.5) is 11.4 Å². The molecular weight excluding hydrogens is 298 g/mol. The first-order valence-corrected chi connectivity index (χ1v) is 7.99. The van der Waals surface area contributed by atoms with Gasteiger partial charge in [0.05, 0.1) is 11.4 Å². The minimum atomic E-state index is 0.0333. The third kappa shape index (κ3) is 3.66. The van der Waals surface area contributed by atoms with Crippen LogP contribution in [0.15, 0.2) is 60.7 Å². The van der Waals surface area contributed by atoms with E-state index in [1.807, 2.05) is 41.3 Å². The van der Waals surface area contributed by atoms with Crippen LogP contribution >= 0.6 is 0 Å². The van der Waals surface area contributed by atoms with Crippen LogP contribution in [0, 0.1) is 0 Å². The molecule has 0 spiro atoms. The Bertz CT molecular complexity index is 808. The van der Waals surface area contributed by atoms with Crippen molar-refractivity contribution in [2.24, 2.45) is 0 Å². The SMILES string of the molecule is Nc1ccc(/C=C/C=C/C(=O)N2CCc3ccccc3C2)cc1N. The molecule has 0 atom stereocenters. The second-order valence-corrected chi connectivity index (χ2v) is 5.89. The number of hydrogen-bond donors (Lipinski definition) is 2. The van der Waals surface area contributed by atoms with Gasteiger partial charge in [0, 0.05) is 19.2 Å². The van der Waals surface area contributed by atoms with Gasteiger partial charge in [0.2, 0.25) is 5.91 Å². The largest absolute Gasteiger partial charge is 0.397 e. The van der Waals surface area contributed by atoms with Gasteiger partial charge in [-0.15, -0.1) is 0 Å². The number of hydrogen-bond acceptors (Lipinski definition) is 3. The molecule has 24 heavy (non-hydrogen) atoms. The monoisotopic (exact) mass is 319 g/mol. The van der Waals surface area contributed by atoms with Gasteiger partial charge in [-0.25, -0.2) is 0 Å². The van der Waals surface area contributed by atoms with Gasteiger partial charge >= 0.3 is 0 Å². The Kier molecular flexibility index (Phi) is 4.66. The first kappa shape index (κ1) is 15.9. The highest BCUT2D eigenvalue weighted by Crippen LogP contribution is 2.19. The molecule has 4 nitrogen and oxygen atoms in total. The van der Waals surface area contributed by atoms with E-state index in [0.717, 1.165) is 18.5 Å². The second-order valence-electron chi connectivity index (χ2n) is 5.89. The Morgan fingerprint density at radius 3 is 2.58 bits per heavy atom. The van der Waals surface area contributed by atoms with Crippen LogP contribution in [0.3, 0.4) is 0 Å². The van der Waals surface area contributed by atoms with Gasteiger partial charge in [0.1, 0.15) is 0 Å². The standard InChI is InChI=1S/C20H21N3O/c21-18-10-9-15(13-19(18)22)5-1-4-8-20(24)23-12-11-16-6-2-3-7-17(16)14-23/h1-10,13H,11-12,14,21-22H2/b5-1+,8-4+. The molecule has 2 aromatic carbocycles. The highest BCUT2D eigenvalue weighted by Gasteiger charge is 2.18. The number of amides is 1. The number of nitrogens with zero attached hydrogens (tertiary/aromatic N) is 1. The lowest BCUT2D eigenvalue weighted by atomic mass is 10.00. The maximum atomic E-state index is 12.3. The summed E-state index contributed by atoms with van der Waals surface area (Å²) >= 11 is 0. The Morgan fingerprint density at radius 1 is 1.00 bits per heavy atom. The molecular formula is C20H21N3O. The first-order chi connectivity index (χ1) is 11.6. The molecule has 0 aromatic heterocycles. The minimum Gasteiger partial charge on any atom is -0.397 e. The van der Waals surface area contributed by atoms with Crippen LogP contribution in [-0.4, -0.2) is 17.4 Å². The Labute approximate surface area is 142 Å². The van der Waals surface area contributed by atoms with Crippen molar-refractivity contribution in [2.75, 3.05) is 18.0 Å². The fourth-order valence-electron chi connectivity index (χ4n) is 2.79. The summed E-state index contributed by atoms with van der Waals surface area (Å²) in [5.41, 5.74) is 16.1. The molecule has 2 aromatic rings. The molecule has 0 saturated carbocycles. The normalized spacial score (nSPS) is 14.2. The lowest BCUT2D eigenvalue weighted by Crippen LogP contribution is -2.34. The van der Waals surface area contributed by atoms with Crippen molar-refractivity contribution >= 4 is 23.4 Å². The predicted molar refractivity (Wildman–Crippen MR) is 99.0 cm³/mol. The number of nitrogens with two attached hydrogens (primary N) is 2. The maximum absolute atomic E-state index is 12.3. The molecule has 0 aliphatic carbocycles. The summed E-state index contributed by atoms with van der Waals surface area (Å²) in [7, 11) is 0. The summed E-state index contributed by atoms with van der Waals surface area (Å²) in [6.45, 7) is 1.44. The van der Waals surface area contributed by atoms with Gasteiger partial charge in [-0.05, 0) is 35.2 Å². The Hall–Kier alpha value is -3.01. The molecule has 3 rings (SSSR count). The first-order valence-electron chi connectivity index (χ1n) is 7.99. The molecule has 4 heteroatoms. The van der Waals surface area contributed by atoms with E-state index in [0.29, 0.717) is 17.9 Å². The van der Waals surface area contributed by atoms with Crippen molar-refractivity contribution in [3.8, 4) is 0 Å². The van der Waals surface area contributed by atoms with Crippen LogP contribution < -0.4 is 11.5 Å². The molecule has 1 heterocycles. The van der Waals surface area contributed by atoms with Crippen LogP contribution in [0.25, 0.3) is 6.08 Å². The lowest BCUT2D eigenvalue weighted by molar-refractivity contribution is -0.126. The quantitative estimate of drug-likeness (QED) is 0.519. The van der Waals surface area contributed by atoms with Crippen LogP contribution in [-0.2, 0) is 17.8 Å². The molecule has 0 bridgehead atoms. The van der Waals surface area contributed by atoms with Crippen molar-refractivity contribution in [2.45, 2.75) is 13.0 Å². The minimum absolute atomic E-state index is 0.0333. The van der Waals surface area contributed by atoms with Crippen molar-refractivity contribution in [3.05, 3.63) is 77.4 Å². The fourth-order valence-corrected chi connectivity index (χ4v) is 2.79. The summed E-state index contributed by atoms with van der Waals surface area (Å²) in [6.07, 6.45) is 8.00. The molecule has 1 aliphatic heterocycles. The molecule has 0 saturated heterocycles. The zero-order valence-corrected chi connectivity index (χ0v) is 13.5. The van der Waals surface area contributed by atoms with Crippen LogP contribution in [0.5, 0.6) is 0 Å². The highest BCUT2D eigenvalue weighted by molar-refractivity contribution is 5.88. The van der Waals surface area contributed by atoms with E-state index in [1.165, 1.54) is 11.1 Å². The smallest absolute Gasteiger partial charge is 0.246 e. The average molecular weight is 319 g/mol. The summed E-state index contributed by atoms with van der Waals surface area (Å²) < 4.78 is 0. The summed E-state index contributed by atoms with van der Waals surface area (Å²) in [4.78, 5) is 14.2. The maximum Gasteiger partial charge on any atom is 0.246 e. The van der Waals surface area contributed by atoms with Crippen LogP contribution in [0.1, 0.15) is 16.7 Å². The number of benzene rings is 2. The molecule has 1 amide bonds. The number of nitrogen functional groups attached to an aromatic ring is 2. The highest BCUT2D eigenvalue weighted by atomic mass is 16.2. The number of carbonyl (C=O) groups is 1. The van der Waals surface area contributed by atoms with Gasteiger partial charge in [-0.3, -0.25) is 4.79 Å². The Balaban J connectivity index is 1.60. The number of fused-ring (bicyclic) bond motifs is 1. The van der Waals surface area contributed by atoms with E-state index < -0.39 is 0 Å². The van der Waals surface area contributed by atoms with Gasteiger partial charge < -0.3 is 16.4 Å². The van der Waals surface area contributed by atoms with Crippen LogP contribution in [0.2, 0.25) is 0 Å². The Morgan fingerprint density at radius 2 is 1.79 bits per heavy atom. The topological polar surface area (TPSA) is 72.4 Å². The molecule has 0 radical (unpaired) electrons. The molecule has 122 valence electrons. The number of rotatable bonds is 3. The zero-order chi connectivity index (χ0) is 16.9. The summed E-state index contributed by atoms with van der Waals surface area (Å²) in [5.74, 6) is 0.0333. The van der Waals surface area contributed by atoms with Crippen molar-refractivity contribution in [1.29, 1.82) is 0 Å². The van der Waals surface area contributed by atoms with E-state index in [2.05, 4.69) is 12.1 Å². The molecule has 4 N–H and O–H groups in total. The third-order valence-electron chi connectivity index (χ3n) is 4.19. The number of anilines is 2. The van der Waals surface area contributed by atoms with Gasteiger partial charge in [-0.1, -0.05) is 48.6 Å². The molecule has 1 aliphatic rings. The van der Waals surface area contributed by atoms with Gasteiger partial charge in [-0.2, -0.15) is 0 Å². The van der Waals surface area contributed by atoms with E-state index in [1.54, 1.807) is 18.2 Å². The van der Waals surface area contributed by atoms with Crippen molar-refractivity contribution in [1.82, 2.24) is 4.90 Å². The number of allylic oxidation sites excluding steroid dienone is 2. The van der Waals surface area contributed by atoms with Crippen molar-refractivity contribution < 1.29 is 4.79 Å². The predicted octanol–water partition coefficient (Wildman–Crippen LogP) is 3.01. The molecule has 0 fully saturated rings. The van der Waals surface area contributed by atoms with E-state index in [-0.39, 0.29) is 5.91 Å². The van der Waals surface area contributed by atoms with E-state index >= 15 is 0 Å². The van der Waals surface area contributed by atoms with E-state index in [9.17, 15) is 4.79 Å². The van der Waals surface area contributed by atoms with Gasteiger partial charge in [0.25, 0.3) is 0 Å². The third-order valence-corrected chi connectivity index (χ3v) is 4.19. The summed E-state index contributed by atoms with van der Waals surface area (Å²) in [6, 6.07) is 13.8. The second kappa shape index (κ2) is 7.04. The van der Waals surface area contributed by atoms with Crippen molar-refractivity contribution in [3.63, 3.8) is 0 Å². The number of carbonyl (C=O) groups excluding carboxylic acids is 1. The van der Waals surface area contributed by atoms with Gasteiger partial charge in [0.15, 0.2) is 0 Å². The van der Waals surface area contributed by atoms with E-state index in [4.69, 9.17) is 11.5 Å². The summed E-state index contributed by atoms with van der Waals surface area (Å²) in [5, 5.41) is 0. The average Bonchev–Trinajstić information content (AvgIpc) is 2.61. The lowest BCUT2D eigenvalue weighted by Gasteiger charge is -2.27. The fraction of sp³-hybridized carbons (Fsp3) is 0.150.